The number of unbranched alkanes of at least 4 members (excludes halogenated alkanes) is 4. The Bertz CT molecular complexity index is 740. The molecular formula is C20H28ClN3O4. The van der Waals surface area contributed by atoms with Gasteiger partial charge in [-0.15, -0.1) is 0 Å². The number of anilines is 1. The summed E-state index contributed by atoms with van der Waals surface area (Å²) in [6, 6.07) is 4.27. The number of ether oxygens (including phenoxy) is 1. The molecule has 2 rings (SSSR count). The van der Waals surface area contributed by atoms with E-state index in [9.17, 15) is 14.4 Å². The Morgan fingerprint density at radius 3 is 2.61 bits per heavy atom. The SMILES string of the molecule is CCCCCCCC1(C)NC(=O)N(CC(=O)Nc2ccc(OC)c(Cl)c2)C1=O. The van der Waals surface area contributed by atoms with Gasteiger partial charge in [0.15, 0.2) is 0 Å². The standard InChI is InChI=1S/C20H28ClN3O4/c1-4-5-6-7-8-11-20(2)18(26)24(19(27)23-20)13-17(25)22-14-9-10-16(28-3)15(21)12-14/h9-10,12H,4-8,11,13H2,1-3H3,(H,22,25)(H,23,27). The van der Waals surface area contributed by atoms with Crippen LogP contribution in [0.1, 0.15) is 52.4 Å². The molecule has 1 heterocycles. The number of methoxy groups -OCH3 is 1. The number of halogens is 1. The molecule has 0 spiro atoms. The van der Waals surface area contributed by atoms with Gasteiger partial charge in [-0.2, -0.15) is 0 Å². The molecule has 0 aromatic heterocycles. The number of carbonyl (C=O) groups is 3. The Hall–Kier alpha value is -2.28. The van der Waals surface area contributed by atoms with E-state index in [4.69, 9.17) is 16.3 Å². The van der Waals surface area contributed by atoms with Gasteiger partial charge in [-0.1, -0.05) is 50.6 Å². The average molecular weight is 410 g/mol. The Labute approximate surface area is 170 Å². The Morgan fingerprint density at radius 1 is 1.25 bits per heavy atom. The largest absolute Gasteiger partial charge is 0.495 e. The Balaban J connectivity index is 1.92. The molecule has 0 radical (unpaired) electrons. The molecule has 2 N–H and O–H groups in total. The molecule has 8 heteroatoms. The average Bonchev–Trinajstić information content (AvgIpc) is 2.85. The van der Waals surface area contributed by atoms with E-state index in [-0.39, 0.29) is 12.5 Å². The summed E-state index contributed by atoms with van der Waals surface area (Å²) in [6.07, 6.45) is 5.87. The number of rotatable bonds is 10. The van der Waals surface area contributed by atoms with Crippen molar-refractivity contribution in [2.45, 2.75) is 57.9 Å². The molecule has 7 nitrogen and oxygen atoms in total. The van der Waals surface area contributed by atoms with Gasteiger partial charge in [-0.05, 0) is 31.5 Å². The van der Waals surface area contributed by atoms with Crippen LogP contribution in [0.15, 0.2) is 18.2 Å². The number of nitrogens with zero attached hydrogens (tertiary/aromatic N) is 1. The summed E-state index contributed by atoms with van der Waals surface area (Å²) < 4.78 is 5.07. The van der Waals surface area contributed by atoms with Crippen molar-refractivity contribution < 1.29 is 19.1 Å². The van der Waals surface area contributed by atoms with E-state index < -0.39 is 17.5 Å². The highest BCUT2D eigenvalue weighted by atomic mass is 35.5. The fourth-order valence-corrected chi connectivity index (χ4v) is 3.49. The van der Waals surface area contributed by atoms with Crippen molar-refractivity contribution in [1.29, 1.82) is 0 Å². The number of hydrogen-bond acceptors (Lipinski definition) is 4. The van der Waals surface area contributed by atoms with Gasteiger partial charge >= 0.3 is 6.03 Å². The molecule has 1 aromatic carbocycles. The maximum absolute atomic E-state index is 12.7. The molecule has 1 aliphatic rings. The third kappa shape index (κ3) is 5.38. The minimum atomic E-state index is -0.951. The first-order valence-electron chi connectivity index (χ1n) is 9.58. The zero-order valence-corrected chi connectivity index (χ0v) is 17.4. The fourth-order valence-electron chi connectivity index (χ4n) is 3.23. The monoisotopic (exact) mass is 409 g/mol. The molecule has 4 amide bonds. The third-order valence-electron chi connectivity index (χ3n) is 4.86. The smallest absolute Gasteiger partial charge is 0.325 e. The van der Waals surface area contributed by atoms with Crippen LogP contribution < -0.4 is 15.4 Å². The van der Waals surface area contributed by atoms with Gasteiger partial charge in [0, 0.05) is 5.69 Å². The topological polar surface area (TPSA) is 87.7 Å². The van der Waals surface area contributed by atoms with Crippen LogP contribution >= 0.6 is 11.6 Å². The van der Waals surface area contributed by atoms with E-state index in [0.717, 1.165) is 30.6 Å². The van der Waals surface area contributed by atoms with E-state index in [1.54, 1.807) is 25.1 Å². The summed E-state index contributed by atoms with van der Waals surface area (Å²) in [6.45, 7) is 3.51. The molecular weight excluding hydrogens is 382 g/mol. The first-order valence-corrected chi connectivity index (χ1v) is 9.96. The van der Waals surface area contributed by atoms with Crippen LogP contribution in [0.3, 0.4) is 0 Å². The van der Waals surface area contributed by atoms with Crippen LogP contribution in [0.4, 0.5) is 10.5 Å². The summed E-state index contributed by atoms with van der Waals surface area (Å²) in [5.74, 6) is -0.351. The zero-order chi connectivity index (χ0) is 20.7. The van der Waals surface area contributed by atoms with Crippen LogP contribution in [0, 0.1) is 0 Å². The molecule has 1 atom stereocenters. The van der Waals surface area contributed by atoms with Crippen molar-refractivity contribution in [3.05, 3.63) is 23.2 Å². The van der Waals surface area contributed by atoms with Crippen LogP contribution in [0.5, 0.6) is 5.75 Å². The van der Waals surface area contributed by atoms with Crippen LogP contribution in [-0.4, -0.2) is 41.9 Å². The fraction of sp³-hybridized carbons (Fsp3) is 0.550. The summed E-state index contributed by atoms with van der Waals surface area (Å²) in [7, 11) is 1.50. The molecule has 154 valence electrons. The maximum atomic E-state index is 12.7. The van der Waals surface area contributed by atoms with E-state index in [1.807, 2.05) is 0 Å². The van der Waals surface area contributed by atoms with Crippen molar-refractivity contribution in [1.82, 2.24) is 10.2 Å². The van der Waals surface area contributed by atoms with Gasteiger partial charge in [-0.25, -0.2) is 4.79 Å². The van der Waals surface area contributed by atoms with Crippen molar-refractivity contribution in [3.8, 4) is 5.75 Å². The molecule has 1 aliphatic heterocycles. The number of nitrogens with one attached hydrogen (secondary N) is 2. The Kier molecular flexibility index (Phi) is 7.69. The van der Waals surface area contributed by atoms with Crippen molar-refractivity contribution in [2.24, 2.45) is 0 Å². The number of urea groups is 1. The van der Waals surface area contributed by atoms with Gasteiger partial charge in [0.1, 0.15) is 17.8 Å². The van der Waals surface area contributed by atoms with Gasteiger partial charge in [-0.3, -0.25) is 14.5 Å². The summed E-state index contributed by atoms with van der Waals surface area (Å²) in [5, 5.41) is 5.73. The summed E-state index contributed by atoms with van der Waals surface area (Å²) in [5.41, 5.74) is -0.492. The number of amides is 4. The predicted octanol–water partition coefficient (Wildman–Crippen LogP) is 3.96. The molecule has 0 bridgehead atoms. The second-order valence-electron chi connectivity index (χ2n) is 7.22. The first-order chi connectivity index (χ1) is 13.3. The van der Waals surface area contributed by atoms with Gasteiger partial charge in [0.2, 0.25) is 5.91 Å². The maximum Gasteiger partial charge on any atom is 0.325 e. The molecule has 0 saturated carbocycles. The highest BCUT2D eigenvalue weighted by Crippen LogP contribution is 2.27. The van der Waals surface area contributed by atoms with Gasteiger partial charge in [0.05, 0.1) is 12.1 Å². The number of carbonyl (C=O) groups excluding carboxylic acids is 3. The van der Waals surface area contributed by atoms with E-state index in [1.165, 1.54) is 13.5 Å². The number of hydrogen-bond donors (Lipinski definition) is 2. The van der Waals surface area contributed by atoms with Crippen molar-refractivity contribution in [3.63, 3.8) is 0 Å². The number of imide groups is 1. The van der Waals surface area contributed by atoms with E-state index >= 15 is 0 Å². The molecule has 1 fully saturated rings. The lowest BCUT2D eigenvalue weighted by atomic mass is 9.94. The lowest BCUT2D eigenvalue weighted by Gasteiger charge is -2.21. The minimum absolute atomic E-state index is 0.347. The molecule has 1 saturated heterocycles. The normalized spacial score (nSPS) is 18.9. The van der Waals surface area contributed by atoms with Crippen LogP contribution in [-0.2, 0) is 9.59 Å². The van der Waals surface area contributed by atoms with Crippen molar-refractivity contribution >= 4 is 35.1 Å². The second-order valence-corrected chi connectivity index (χ2v) is 7.62. The lowest BCUT2D eigenvalue weighted by molar-refractivity contribution is -0.133. The van der Waals surface area contributed by atoms with Crippen LogP contribution in [0.2, 0.25) is 5.02 Å². The molecule has 1 unspecified atom stereocenters. The van der Waals surface area contributed by atoms with Crippen molar-refractivity contribution in [2.75, 3.05) is 19.0 Å². The first kappa shape index (κ1) is 22.0. The molecule has 1 aromatic rings. The summed E-state index contributed by atoms with van der Waals surface area (Å²) >= 11 is 6.04. The highest BCUT2D eigenvalue weighted by molar-refractivity contribution is 6.32. The second kappa shape index (κ2) is 9.78. The summed E-state index contributed by atoms with van der Waals surface area (Å²) in [4.78, 5) is 38.2. The molecule has 0 aliphatic carbocycles. The zero-order valence-electron chi connectivity index (χ0n) is 16.6. The third-order valence-corrected chi connectivity index (χ3v) is 5.16. The number of benzene rings is 1. The molecule has 28 heavy (non-hydrogen) atoms. The van der Waals surface area contributed by atoms with E-state index in [2.05, 4.69) is 17.6 Å². The van der Waals surface area contributed by atoms with E-state index in [0.29, 0.717) is 22.9 Å². The Morgan fingerprint density at radius 2 is 1.96 bits per heavy atom. The minimum Gasteiger partial charge on any atom is -0.495 e. The van der Waals surface area contributed by atoms with Gasteiger partial charge < -0.3 is 15.4 Å². The predicted molar refractivity (Wildman–Crippen MR) is 109 cm³/mol. The van der Waals surface area contributed by atoms with Gasteiger partial charge in [0.25, 0.3) is 5.91 Å². The highest BCUT2D eigenvalue weighted by Gasteiger charge is 2.47. The van der Waals surface area contributed by atoms with Crippen LogP contribution in [0.25, 0.3) is 0 Å². The lowest BCUT2D eigenvalue weighted by Crippen LogP contribution is -2.44. The quantitative estimate of drug-likeness (QED) is 0.452.